The molecule has 0 aliphatic rings. The molecule has 0 aliphatic carbocycles. The van der Waals surface area contributed by atoms with E-state index >= 15 is 0 Å². The summed E-state index contributed by atoms with van der Waals surface area (Å²) >= 11 is 6.90. The van der Waals surface area contributed by atoms with Crippen molar-refractivity contribution in [2.45, 2.75) is 13.8 Å². The standard InChI is InChI=1S/C12H18Br2N2O/c1-3-16(4-2)5-6-17-12-10(13)7-9(15)8-11(12)14/h7-8H,3-6,15H2,1-2H3. The van der Waals surface area contributed by atoms with Crippen molar-refractivity contribution in [2.24, 2.45) is 0 Å². The molecule has 0 radical (unpaired) electrons. The van der Waals surface area contributed by atoms with Crippen molar-refractivity contribution in [1.82, 2.24) is 4.90 Å². The normalized spacial score (nSPS) is 10.9. The van der Waals surface area contributed by atoms with Crippen molar-refractivity contribution in [3.8, 4) is 5.75 Å². The summed E-state index contributed by atoms with van der Waals surface area (Å²) in [6.07, 6.45) is 0. The van der Waals surface area contributed by atoms with E-state index < -0.39 is 0 Å². The topological polar surface area (TPSA) is 38.5 Å². The van der Waals surface area contributed by atoms with E-state index in [0.717, 1.165) is 34.3 Å². The van der Waals surface area contributed by atoms with Crippen LogP contribution >= 0.6 is 31.9 Å². The monoisotopic (exact) mass is 364 g/mol. The molecule has 0 fully saturated rings. The number of rotatable bonds is 6. The highest BCUT2D eigenvalue weighted by Gasteiger charge is 2.08. The van der Waals surface area contributed by atoms with Gasteiger partial charge in [0.05, 0.1) is 8.95 Å². The molecule has 2 N–H and O–H groups in total. The SMILES string of the molecule is CCN(CC)CCOc1c(Br)cc(N)cc1Br. The number of nitrogens with zero attached hydrogens (tertiary/aromatic N) is 1. The van der Waals surface area contributed by atoms with Crippen LogP contribution in [-0.4, -0.2) is 31.1 Å². The Hall–Kier alpha value is -0.260. The molecule has 1 aromatic carbocycles. The zero-order valence-corrected chi connectivity index (χ0v) is 13.3. The summed E-state index contributed by atoms with van der Waals surface area (Å²) in [7, 11) is 0. The molecular weight excluding hydrogens is 348 g/mol. The molecule has 96 valence electrons. The van der Waals surface area contributed by atoms with Gasteiger partial charge < -0.3 is 15.4 Å². The highest BCUT2D eigenvalue weighted by atomic mass is 79.9. The number of halogens is 2. The summed E-state index contributed by atoms with van der Waals surface area (Å²) < 4.78 is 7.52. The van der Waals surface area contributed by atoms with Crippen LogP contribution in [0, 0.1) is 0 Å². The molecule has 0 saturated heterocycles. The Morgan fingerprint density at radius 2 is 1.71 bits per heavy atom. The molecule has 0 saturated carbocycles. The highest BCUT2D eigenvalue weighted by Crippen LogP contribution is 2.35. The van der Waals surface area contributed by atoms with Crippen LogP contribution in [0.5, 0.6) is 5.75 Å². The molecular formula is C12H18Br2N2O. The molecule has 0 heterocycles. The number of likely N-dealkylation sites (N-methyl/N-ethyl adjacent to an activating group) is 1. The first-order chi connectivity index (χ1) is 8.08. The predicted molar refractivity (Wildman–Crippen MR) is 79.5 cm³/mol. The number of benzene rings is 1. The lowest BCUT2D eigenvalue weighted by Crippen LogP contribution is -2.28. The van der Waals surface area contributed by atoms with Gasteiger partial charge >= 0.3 is 0 Å². The van der Waals surface area contributed by atoms with E-state index in [1.165, 1.54) is 0 Å². The van der Waals surface area contributed by atoms with Crippen molar-refractivity contribution in [1.29, 1.82) is 0 Å². The summed E-state index contributed by atoms with van der Waals surface area (Å²) in [4.78, 5) is 2.32. The average molecular weight is 366 g/mol. The van der Waals surface area contributed by atoms with Crippen LogP contribution in [-0.2, 0) is 0 Å². The van der Waals surface area contributed by atoms with Gasteiger partial charge in [0.25, 0.3) is 0 Å². The van der Waals surface area contributed by atoms with E-state index in [4.69, 9.17) is 10.5 Å². The molecule has 17 heavy (non-hydrogen) atoms. The largest absolute Gasteiger partial charge is 0.490 e. The Balaban J connectivity index is 2.58. The zero-order chi connectivity index (χ0) is 12.8. The maximum atomic E-state index is 5.77. The second-order valence-corrected chi connectivity index (χ2v) is 5.40. The van der Waals surface area contributed by atoms with Crippen molar-refractivity contribution in [3.05, 3.63) is 21.1 Å². The van der Waals surface area contributed by atoms with Gasteiger partial charge in [-0.25, -0.2) is 0 Å². The van der Waals surface area contributed by atoms with Crippen molar-refractivity contribution in [3.63, 3.8) is 0 Å². The Morgan fingerprint density at radius 3 is 2.18 bits per heavy atom. The van der Waals surface area contributed by atoms with Gasteiger partial charge in [-0.2, -0.15) is 0 Å². The first kappa shape index (κ1) is 14.8. The summed E-state index contributed by atoms with van der Waals surface area (Å²) in [6, 6.07) is 3.69. The zero-order valence-electron chi connectivity index (χ0n) is 10.2. The van der Waals surface area contributed by atoms with Gasteiger partial charge in [-0.15, -0.1) is 0 Å². The van der Waals surface area contributed by atoms with Crippen LogP contribution in [0.4, 0.5) is 5.69 Å². The molecule has 0 aromatic heterocycles. The van der Waals surface area contributed by atoms with E-state index in [2.05, 4.69) is 50.6 Å². The van der Waals surface area contributed by atoms with Crippen LogP contribution in [0.15, 0.2) is 21.1 Å². The second kappa shape index (κ2) is 7.24. The van der Waals surface area contributed by atoms with Gasteiger partial charge in [0.1, 0.15) is 12.4 Å². The lowest BCUT2D eigenvalue weighted by molar-refractivity contribution is 0.221. The van der Waals surface area contributed by atoms with Gasteiger partial charge in [-0.05, 0) is 57.1 Å². The minimum Gasteiger partial charge on any atom is -0.490 e. The minimum atomic E-state index is 0.669. The van der Waals surface area contributed by atoms with Crippen molar-refractivity contribution < 1.29 is 4.74 Å². The van der Waals surface area contributed by atoms with Gasteiger partial charge in [-0.1, -0.05) is 13.8 Å². The Morgan fingerprint density at radius 1 is 1.18 bits per heavy atom. The average Bonchev–Trinajstić information content (AvgIpc) is 2.27. The lowest BCUT2D eigenvalue weighted by atomic mass is 10.3. The van der Waals surface area contributed by atoms with Gasteiger partial charge in [0.15, 0.2) is 0 Å². The van der Waals surface area contributed by atoms with E-state index in [0.29, 0.717) is 12.3 Å². The molecule has 0 atom stereocenters. The molecule has 5 heteroatoms. The first-order valence-electron chi connectivity index (χ1n) is 5.68. The number of anilines is 1. The van der Waals surface area contributed by atoms with E-state index in [-0.39, 0.29) is 0 Å². The van der Waals surface area contributed by atoms with Crippen LogP contribution in [0.3, 0.4) is 0 Å². The number of nitrogen functional groups attached to an aromatic ring is 1. The minimum absolute atomic E-state index is 0.669. The summed E-state index contributed by atoms with van der Waals surface area (Å²) in [5.41, 5.74) is 6.43. The molecule has 0 bridgehead atoms. The summed E-state index contributed by atoms with van der Waals surface area (Å²) in [5, 5.41) is 0. The number of hydrogen-bond acceptors (Lipinski definition) is 3. The van der Waals surface area contributed by atoms with Crippen molar-refractivity contribution in [2.75, 3.05) is 32.0 Å². The Bertz CT molecular complexity index is 345. The molecule has 1 rings (SSSR count). The molecule has 0 spiro atoms. The maximum absolute atomic E-state index is 5.77. The second-order valence-electron chi connectivity index (χ2n) is 3.69. The number of nitrogens with two attached hydrogens (primary N) is 1. The predicted octanol–water partition coefficient (Wildman–Crippen LogP) is 3.51. The molecule has 1 aromatic rings. The third-order valence-electron chi connectivity index (χ3n) is 2.57. The Labute approximate surface area is 120 Å². The number of hydrogen-bond donors (Lipinski definition) is 1. The van der Waals surface area contributed by atoms with Gasteiger partial charge in [0.2, 0.25) is 0 Å². The Kier molecular flexibility index (Phi) is 6.30. The lowest BCUT2D eigenvalue weighted by Gasteiger charge is -2.19. The fourth-order valence-electron chi connectivity index (χ4n) is 1.53. The van der Waals surface area contributed by atoms with E-state index in [1.807, 2.05) is 12.1 Å². The summed E-state index contributed by atoms with van der Waals surface area (Å²) in [5.74, 6) is 0.811. The first-order valence-corrected chi connectivity index (χ1v) is 7.26. The third kappa shape index (κ3) is 4.48. The molecule has 0 amide bonds. The van der Waals surface area contributed by atoms with Gasteiger partial charge in [-0.3, -0.25) is 0 Å². The van der Waals surface area contributed by atoms with Crippen LogP contribution < -0.4 is 10.5 Å². The van der Waals surface area contributed by atoms with E-state index in [1.54, 1.807) is 0 Å². The van der Waals surface area contributed by atoms with Crippen LogP contribution in [0.25, 0.3) is 0 Å². The quantitative estimate of drug-likeness (QED) is 0.784. The maximum Gasteiger partial charge on any atom is 0.147 e. The van der Waals surface area contributed by atoms with Crippen LogP contribution in [0.1, 0.15) is 13.8 Å². The van der Waals surface area contributed by atoms with Gasteiger partial charge in [0, 0.05) is 12.2 Å². The smallest absolute Gasteiger partial charge is 0.147 e. The fraction of sp³-hybridized carbons (Fsp3) is 0.500. The fourth-order valence-corrected chi connectivity index (χ4v) is 2.98. The van der Waals surface area contributed by atoms with Crippen molar-refractivity contribution >= 4 is 37.5 Å². The molecule has 0 unspecified atom stereocenters. The molecule has 3 nitrogen and oxygen atoms in total. The third-order valence-corrected chi connectivity index (χ3v) is 3.75. The summed E-state index contributed by atoms with van der Waals surface area (Å²) in [6.45, 7) is 7.99. The van der Waals surface area contributed by atoms with E-state index in [9.17, 15) is 0 Å². The molecule has 0 aliphatic heterocycles. The number of ether oxygens (including phenoxy) is 1. The highest BCUT2D eigenvalue weighted by molar-refractivity contribution is 9.11. The van der Waals surface area contributed by atoms with Crippen LogP contribution in [0.2, 0.25) is 0 Å².